The smallest absolute Gasteiger partial charge is 0.161 e. The maximum absolute atomic E-state index is 13.8. The van der Waals surface area contributed by atoms with Crippen molar-refractivity contribution in [2.75, 3.05) is 20.8 Å². The van der Waals surface area contributed by atoms with Crippen molar-refractivity contribution in [3.05, 3.63) is 58.4 Å². The average molecular weight is 351 g/mol. The first-order valence-corrected chi connectivity index (χ1v) is 8.15. The minimum atomic E-state index is -1.17. The summed E-state index contributed by atoms with van der Waals surface area (Å²) in [5.74, 6) is -1.61. The van der Waals surface area contributed by atoms with Gasteiger partial charge in [0.1, 0.15) is 5.82 Å². The third-order valence-electron chi connectivity index (χ3n) is 4.60. The van der Waals surface area contributed by atoms with E-state index in [2.05, 4.69) is 5.32 Å². The molecule has 6 heteroatoms. The van der Waals surface area contributed by atoms with Crippen molar-refractivity contribution >= 4 is 0 Å². The van der Waals surface area contributed by atoms with Gasteiger partial charge in [-0.05, 0) is 60.7 Å². The van der Waals surface area contributed by atoms with Gasteiger partial charge < -0.3 is 14.8 Å². The van der Waals surface area contributed by atoms with Crippen molar-refractivity contribution in [1.29, 1.82) is 0 Å². The molecule has 3 nitrogen and oxygen atoms in total. The maximum atomic E-state index is 13.8. The Morgan fingerprint density at radius 1 is 0.960 bits per heavy atom. The monoisotopic (exact) mass is 351 g/mol. The average Bonchev–Trinajstić information content (AvgIpc) is 2.62. The number of hydrogen-bond donors (Lipinski definition) is 1. The van der Waals surface area contributed by atoms with Crippen LogP contribution < -0.4 is 14.8 Å². The van der Waals surface area contributed by atoms with Crippen LogP contribution in [0.1, 0.15) is 29.2 Å². The highest BCUT2D eigenvalue weighted by Crippen LogP contribution is 2.36. The van der Waals surface area contributed by atoms with Gasteiger partial charge >= 0.3 is 0 Å². The van der Waals surface area contributed by atoms with Crippen molar-refractivity contribution in [3.8, 4) is 11.5 Å². The predicted molar refractivity (Wildman–Crippen MR) is 88.6 cm³/mol. The molecule has 1 atom stereocenters. The number of methoxy groups -OCH3 is 2. The number of nitrogens with one attached hydrogen (secondary N) is 1. The van der Waals surface area contributed by atoms with E-state index >= 15 is 0 Å². The standard InChI is InChI=1S/C19H20F3NO2/c1-24-18-8-11-5-6-23-17(13(11)9-19(18)25-2)4-3-12-7-15(21)16(22)10-14(12)20/h7-10,17,23H,3-6H2,1-2H3/t17-/m0/s1. The van der Waals surface area contributed by atoms with Crippen LogP contribution in [0.4, 0.5) is 13.2 Å². The minimum Gasteiger partial charge on any atom is -0.493 e. The molecular weight excluding hydrogens is 331 g/mol. The molecule has 0 saturated carbocycles. The molecule has 1 heterocycles. The topological polar surface area (TPSA) is 30.5 Å². The Morgan fingerprint density at radius 2 is 1.64 bits per heavy atom. The van der Waals surface area contributed by atoms with E-state index in [1.54, 1.807) is 14.2 Å². The van der Waals surface area contributed by atoms with Gasteiger partial charge in [0, 0.05) is 12.1 Å². The molecule has 3 rings (SSSR count). The molecule has 0 spiro atoms. The minimum absolute atomic E-state index is 0.0175. The summed E-state index contributed by atoms with van der Waals surface area (Å²) >= 11 is 0. The molecule has 0 aromatic heterocycles. The van der Waals surface area contributed by atoms with Crippen molar-refractivity contribution in [2.45, 2.75) is 25.3 Å². The molecule has 2 aromatic carbocycles. The number of aryl methyl sites for hydroxylation is 1. The van der Waals surface area contributed by atoms with E-state index < -0.39 is 17.5 Å². The fraction of sp³-hybridized carbons (Fsp3) is 0.368. The predicted octanol–water partition coefficient (Wildman–Crippen LogP) is 3.94. The second-order valence-corrected chi connectivity index (χ2v) is 6.06. The second kappa shape index (κ2) is 7.35. The molecule has 0 unspecified atom stereocenters. The molecule has 25 heavy (non-hydrogen) atoms. The summed E-state index contributed by atoms with van der Waals surface area (Å²) in [7, 11) is 3.17. The normalized spacial score (nSPS) is 16.4. The Morgan fingerprint density at radius 3 is 2.36 bits per heavy atom. The molecule has 0 amide bonds. The first-order valence-electron chi connectivity index (χ1n) is 8.15. The number of halogens is 3. The zero-order chi connectivity index (χ0) is 18.0. The zero-order valence-corrected chi connectivity index (χ0v) is 14.2. The second-order valence-electron chi connectivity index (χ2n) is 6.06. The SMILES string of the molecule is COc1cc2c(cc1OC)[C@H](CCc1cc(F)c(F)cc1F)NCC2. The van der Waals surface area contributed by atoms with Crippen LogP contribution in [0.3, 0.4) is 0 Å². The third kappa shape index (κ3) is 3.58. The van der Waals surface area contributed by atoms with Crippen LogP contribution in [0.25, 0.3) is 0 Å². The van der Waals surface area contributed by atoms with Crippen LogP contribution >= 0.6 is 0 Å². The summed E-state index contributed by atoms with van der Waals surface area (Å²) < 4.78 is 50.9. The molecule has 0 bridgehead atoms. The largest absolute Gasteiger partial charge is 0.493 e. The summed E-state index contributed by atoms with van der Waals surface area (Å²) in [6.07, 6.45) is 1.71. The molecule has 0 aliphatic carbocycles. The molecule has 134 valence electrons. The Kier molecular flexibility index (Phi) is 5.18. The van der Waals surface area contributed by atoms with E-state index in [1.165, 1.54) is 0 Å². The number of hydrogen-bond acceptors (Lipinski definition) is 3. The van der Waals surface area contributed by atoms with Crippen LogP contribution in [0.15, 0.2) is 24.3 Å². The quantitative estimate of drug-likeness (QED) is 0.828. The van der Waals surface area contributed by atoms with Crippen LogP contribution in [-0.4, -0.2) is 20.8 Å². The van der Waals surface area contributed by atoms with Gasteiger partial charge in [0.25, 0.3) is 0 Å². The van der Waals surface area contributed by atoms with E-state index in [1.807, 2.05) is 12.1 Å². The first-order chi connectivity index (χ1) is 12.0. The Labute approximate surface area is 144 Å². The highest BCUT2D eigenvalue weighted by atomic mass is 19.2. The maximum Gasteiger partial charge on any atom is 0.161 e. The Bertz CT molecular complexity index is 780. The van der Waals surface area contributed by atoms with Crippen molar-refractivity contribution in [2.24, 2.45) is 0 Å². The number of rotatable bonds is 5. The number of ether oxygens (including phenoxy) is 2. The number of fused-ring (bicyclic) bond motifs is 1. The molecule has 0 fully saturated rings. The summed E-state index contributed by atoms with van der Waals surface area (Å²) in [5, 5.41) is 3.39. The lowest BCUT2D eigenvalue weighted by molar-refractivity contribution is 0.351. The lowest BCUT2D eigenvalue weighted by Crippen LogP contribution is -2.30. The fourth-order valence-electron chi connectivity index (χ4n) is 3.28. The third-order valence-corrected chi connectivity index (χ3v) is 4.60. The van der Waals surface area contributed by atoms with Gasteiger partial charge in [0.2, 0.25) is 0 Å². The lowest BCUT2D eigenvalue weighted by atomic mass is 9.90. The fourth-order valence-corrected chi connectivity index (χ4v) is 3.28. The van der Waals surface area contributed by atoms with E-state index in [9.17, 15) is 13.2 Å². The molecule has 0 saturated heterocycles. The zero-order valence-electron chi connectivity index (χ0n) is 14.2. The van der Waals surface area contributed by atoms with Crippen LogP contribution in [-0.2, 0) is 12.8 Å². The number of benzene rings is 2. The van der Waals surface area contributed by atoms with E-state index in [4.69, 9.17) is 9.47 Å². The van der Waals surface area contributed by atoms with Crippen molar-refractivity contribution in [3.63, 3.8) is 0 Å². The molecule has 1 aliphatic rings. The van der Waals surface area contributed by atoms with Gasteiger partial charge in [0.05, 0.1) is 14.2 Å². The van der Waals surface area contributed by atoms with Gasteiger partial charge in [0.15, 0.2) is 23.1 Å². The van der Waals surface area contributed by atoms with Gasteiger partial charge in [-0.15, -0.1) is 0 Å². The van der Waals surface area contributed by atoms with Gasteiger partial charge in [-0.2, -0.15) is 0 Å². The Hall–Kier alpha value is -2.21. The van der Waals surface area contributed by atoms with E-state index in [0.29, 0.717) is 30.4 Å². The van der Waals surface area contributed by atoms with Gasteiger partial charge in [-0.3, -0.25) is 0 Å². The van der Waals surface area contributed by atoms with Crippen LogP contribution in [0, 0.1) is 17.5 Å². The summed E-state index contributed by atoms with van der Waals surface area (Å²) in [5.41, 5.74) is 2.38. The molecule has 2 aromatic rings. The van der Waals surface area contributed by atoms with Crippen LogP contribution in [0.2, 0.25) is 0 Å². The van der Waals surface area contributed by atoms with Crippen molar-refractivity contribution in [1.82, 2.24) is 5.32 Å². The first kappa shape index (κ1) is 17.6. The highest BCUT2D eigenvalue weighted by Gasteiger charge is 2.23. The van der Waals surface area contributed by atoms with Crippen molar-refractivity contribution < 1.29 is 22.6 Å². The van der Waals surface area contributed by atoms with E-state index in [0.717, 1.165) is 30.2 Å². The molecule has 0 radical (unpaired) electrons. The lowest BCUT2D eigenvalue weighted by Gasteiger charge is -2.28. The Balaban J connectivity index is 1.83. The summed E-state index contributed by atoms with van der Waals surface area (Å²) in [6.45, 7) is 0.785. The molecule has 1 aliphatic heterocycles. The van der Waals surface area contributed by atoms with Gasteiger partial charge in [-0.25, -0.2) is 13.2 Å². The van der Waals surface area contributed by atoms with Gasteiger partial charge in [-0.1, -0.05) is 0 Å². The molecule has 1 N–H and O–H groups in total. The van der Waals surface area contributed by atoms with E-state index in [-0.39, 0.29) is 11.6 Å². The molecular formula is C19H20F3NO2. The summed E-state index contributed by atoms with van der Waals surface area (Å²) in [4.78, 5) is 0. The van der Waals surface area contributed by atoms with Crippen LogP contribution in [0.5, 0.6) is 11.5 Å². The highest BCUT2D eigenvalue weighted by molar-refractivity contribution is 5.49. The summed E-state index contributed by atoms with van der Waals surface area (Å²) in [6, 6.07) is 5.40.